The molecular weight excluding hydrogens is 336 g/mol. The predicted octanol–water partition coefficient (Wildman–Crippen LogP) is 4.37. The van der Waals surface area contributed by atoms with Gasteiger partial charge in [-0.05, 0) is 58.5 Å². The van der Waals surface area contributed by atoms with Gasteiger partial charge in [-0.15, -0.1) is 0 Å². The smallest absolute Gasteiger partial charge is 0.144 e. The summed E-state index contributed by atoms with van der Waals surface area (Å²) in [6, 6.07) is 11.3. The van der Waals surface area contributed by atoms with Gasteiger partial charge in [-0.25, -0.2) is 8.78 Å². The van der Waals surface area contributed by atoms with Crippen molar-refractivity contribution in [3.8, 4) is 0 Å². The molecule has 1 aliphatic rings. The average Bonchev–Trinajstić information content (AvgIpc) is 2.51. The van der Waals surface area contributed by atoms with Crippen molar-refractivity contribution in [3.05, 3.63) is 69.2 Å². The zero-order valence-corrected chi connectivity index (χ0v) is 13.1. The van der Waals surface area contributed by atoms with Gasteiger partial charge in [0, 0.05) is 18.2 Å². The minimum Gasteiger partial charge on any atom is -0.309 e. The van der Waals surface area contributed by atoms with Crippen molar-refractivity contribution in [2.45, 2.75) is 31.8 Å². The van der Waals surface area contributed by atoms with E-state index >= 15 is 0 Å². The third kappa shape index (κ3) is 3.16. The maximum atomic E-state index is 13.9. The highest BCUT2D eigenvalue weighted by Gasteiger charge is 2.19. The summed E-state index contributed by atoms with van der Waals surface area (Å²) < 4.78 is 28.0. The zero-order valence-electron chi connectivity index (χ0n) is 11.5. The highest BCUT2D eigenvalue weighted by molar-refractivity contribution is 9.10. The molecule has 1 unspecified atom stereocenters. The van der Waals surface area contributed by atoms with E-state index in [1.165, 1.54) is 23.3 Å². The molecule has 1 aliphatic carbocycles. The van der Waals surface area contributed by atoms with Crippen LogP contribution in [0.2, 0.25) is 0 Å². The van der Waals surface area contributed by atoms with Crippen LogP contribution in [0.1, 0.15) is 23.1 Å². The topological polar surface area (TPSA) is 12.0 Å². The van der Waals surface area contributed by atoms with Crippen LogP contribution in [0.4, 0.5) is 8.78 Å². The number of aryl methyl sites for hydroxylation is 1. The quantitative estimate of drug-likeness (QED) is 0.809. The Morgan fingerprint density at radius 3 is 2.67 bits per heavy atom. The van der Waals surface area contributed by atoms with Crippen LogP contribution < -0.4 is 5.32 Å². The van der Waals surface area contributed by atoms with E-state index in [2.05, 4.69) is 39.4 Å². The van der Waals surface area contributed by atoms with Gasteiger partial charge < -0.3 is 5.32 Å². The lowest BCUT2D eigenvalue weighted by atomic mass is 9.88. The average molecular weight is 352 g/mol. The zero-order chi connectivity index (χ0) is 14.8. The van der Waals surface area contributed by atoms with Crippen molar-refractivity contribution < 1.29 is 8.78 Å². The van der Waals surface area contributed by atoms with Gasteiger partial charge >= 0.3 is 0 Å². The van der Waals surface area contributed by atoms with Crippen LogP contribution in [0.15, 0.2) is 40.9 Å². The van der Waals surface area contributed by atoms with Crippen molar-refractivity contribution >= 4 is 15.9 Å². The van der Waals surface area contributed by atoms with Crippen LogP contribution >= 0.6 is 15.9 Å². The monoisotopic (exact) mass is 351 g/mol. The number of fused-ring (bicyclic) bond motifs is 1. The second-order valence-corrected chi connectivity index (χ2v) is 6.27. The first-order valence-electron chi connectivity index (χ1n) is 7.07. The molecule has 2 aromatic rings. The minimum atomic E-state index is -0.515. The summed E-state index contributed by atoms with van der Waals surface area (Å²) in [6.07, 6.45) is 2.92. The van der Waals surface area contributed by atoms with E-state index in [1.54, 1.807) is 0 Å². The molecule has 0 saturated heterocycles. The molecule has 0 aromatic heterocycles. The Kier molecular flexibility index (Phi) is 4.36. The van der Waals surface area contributed by atoms with Crippen molar-refractivity contribution in [1.29, 1.82) is 0 Å². The van der Waals surface area contributed by atoms with E-state index in [0.717, 1.165) is 19.3 Å². The molecule has 1 N–H and O–H groups in total. The summed E-state index contributed by atoms with van der Waals surface area (Å²) in [5, 5.41) is 3.29. The Hall–Kier alpha value is -1.26. The maximum absolute atomic E-state index is 13.9. The van der Waals surface area contributed by atoms with E-state index in [9.17, 15) is 8.78 Å². The first-order chi connectivity index (χ1) is 10.1. The predicted molar refractivity (Wildman–Crippen MR) is 83.2 cm³/mol. The van der Waals surface area contributed by atoms with Gasteiger partial charge in [0.25, 0.3) is 0 Å². The molecule has 110 valence electrons. The fourth-order valence-corrected chi connectivity index (χ4v) is 3.22. The standard InChI is InChI=1S/C17H16BrF2N/c18-15-7-8-16(19)14(17(15)20)10-21-13-6-5-11-3-1-2-4-12(11)9-13/h1-4,7-8,13,21H,5-6,9-10H2. The summed E-state index contributed by atoms with van der Waals surface area (Å²) in [5.74, 6) is -1.02. The molecular formula is C17H16BrF2N. The van der Waals surface area contributed by atoms with Gasteiger partial charge in [0.2, 0.25) is 0 Å². The minimum absolute atomic E-state index is 0.100. The summed E-state index contributed by atoms with van der Waals surface area (Å²) in [6.45, 7) is 0.212. The molecule has 0 bridgehead atoms. The Bertz CT molecular complexity index is 657. The van der Waals surface area contributed by atoms with Crippen molar-refractivity contribution in [3.63, 3.8) is 0 Å². The van der Waals surface area contributed by atoms with E-state index in [1.807, 2.05) is 6.07 Å². The molecule has 1 nitrogen and oxygen atoms in total. The fraction of sp³-hybridized carbons (Fsp3) is 0.294. The third-order valence-corrected chi connectivity index (χ3v) is 4.67. The van der Waals surface area contributed by atoms with Crippen molar-refractivity contribution in [2.75, 3.05) is 0 Å². The second kappa shape index (κ2) is 6.24. The van der Waals surface area contributed by atoms with Crippen LogP contribution in [0.3, 0.4) is 0 Å². The van der Waals surface area contributed by atoms with Gasteiger partial charge in [0.05, 0.1) is 4.47 Å². The molecule has 0 amide bonds. The summed E-state index contributed by atoms with van der Waals surface area (Å²) in [5.41, 5.74) is 2.81. The van der Waals surface area contributed by atoms with Gasteiger partial charge in [-0.2, -0.15) is 0 Å². The highest BCUT2D eigenvalue weighted by Crippen LogP contribution is 2.24. The fourth-order valence-electron chi connectivity index (χ4n) is 2.85. The summed E-state index contributed by atoms with van der Waals surface area (Å²) in [4.78, 5) is 0. The van der Waals surface area contributed by atoms with Gasteiger partial charge in [-0.3, -0.25) is 0 Å². The summed E-state index contributed by atoms with van der Waals surface area (Å²) >= 11 is 3.10. The SMILES string of the molecule is Fc1ccc(Br)c(F)c1CNC1CCc2ccccc2C1. The Balaban J connectivity index is 1.69. The Morgan fingerprint density at radius 1 is 1.10 bits per heavy atom. The molecule has 3 rings (SSSR count). The lowest BCUT2D eigenvalue weighted by Crippen LogP contribution is -2.34. The van der Waals surface area contributed by atoms with Crippen LogP contribution in [0, 0.1) is 11.6 Å². The molecule has 4 heteroatoms. The van der Waals surface area contributed by atoms with Gasteiger partial charge in [0.1, 0.15) is 11.6 Å². The normalized spacial score (nSPS) is 17.6. The molecule has 0 heterocycles. The lowest BCUT2D eigenvalue weighted by molar-refractivity contribution is 0.441. The molecule has 2 aromatic carbocycles. The van der Waals surface area contributed by atoms with Crippen LogP contribution in [-0.4, -0.2) is 6.04 Å². The number of hydrogen-bond donors (Lipinski definition) is 1. The molecule has 0 radical (unpaired) electrons. The van der Waals surface area contributed by atoms with Crippen molar-refractivity contribution in [2.24, 2.45) is 0 Å². The number of nitrogens with one attached hydrogen (secondary N) is 1. The van der Waals surface area contributed by atoms with Gasteiger partial charge in [-0.1, -0.05) is 24.3 Å². The molecule has 0 spiro atoms. The van der Waals surface area contributed by atoms with E-state index < -0.39 is 11.6 Å². The van der Waals surface area contributed by atoms with Crippen LogP contribution in [-0.2, 0) is 19.4 Å². The third-order valence-electron chi connectivity index (χ3n) is 4.05. The van der Waals surface area contributed by atoms with Crippen molar-refractivity contribution in [1.82, 2.24) is 5.32 Å². The Morgan fingerprint density at radius 2 is 1.86 bits per heavy atom. The van der Waals surface area contributed by atoms with E-state index in [-0.39, 0.29) is 18.2 Å². The molecule has 0 aliphatic heterocycles. The Labute approximate surface area is 131 Å². The largest absolute Gasteiger partial charge is 0.309 e. The van der Waals surface area contributed by atoms with Crippen LogP contribution in [0.5, 0.6) is 0 Å². The number of halogens is 3. The number of hydrogen-bond acceptors (Lipinski definition) is 1. The van der Waals surface area contributed by atoms with Crippen LogP contribution in [0.25, 0.3) is 0 Å². The summed E-state index contributed by atoms with van der Waals surface area (Å²) in [7, 11) is 0. The number of rotatable bonds is 3. The molecule has 21 heavy (non-hydrogen) atoms. The number of benzene rings is 2. The molecule has 0 saturated carbocycles. The second-order valence-electron chi connectivity index (χ2n) is 5.41. The lowest BCUT2D eigenvalue weighted by Gasteiger charge is -2.25. The highest BCUT2D eigenvalue weighted by atomic mass is 79.9. The molecule has 0 fully saturated rings. The maximum Gasteiger partial charge on any atom is 0.144 e. The van der Waals surface area contributed by atoms with E-state index in [0.29, 0.717) is 4.47 Å². The first kappa shape index (κ1) is 14.7. The van der Waals surface area contributed by atoms with E-state index in [4.69, 9.17) is 0 Å². The molecule has 1 atom stereocenters. The first-order valence-corrected chi connectivity index (χ1v) is 7.87. The van der Waals surface area contributed by atoms with Gasteiger partial charge in [0.15, 0.2) is 0 Å².